The zero-order valence-electron chi connectivity index (χ0n) is 12.2. The molecule has 1 fully saturated rings. The Balaban J connectivity index is 1.76. The quantitative estimate of drug-likeness (QED) is 0.870. The van der Waals surface area contributed by atoms with E-state index in [4.69, 9.17) is 0 Å². The van der Waals surface area contributed by atoms with Gasteiger partial charge in [-0.2, -0.15) is 0 Å². The van der Waals surface area contributed by atoms with Gasteiger partial charge in [0.15, 0.2) is 0 Å². The lowest BCUT2D eigenvalue weighted by molar-refractivity contribution is -0.150. The molecule has 2 aliphatic carbocycles. The van der Waals surface area contributed by atoms with Gasteiger partial charge in [-0.25, -0.2) is 0 Å². The third-order valence-electron chi connectivity index (χ3n) is 4.75. The maximum absolute atomic E-state index is 12.7. The van der Waals surface area contributed by atoms with Gasteiger partial charge in [0.25, 0.3) is 0 Å². The Bertz CT molecular complexity index is 606. The van der Waals surface area contributed by atoms with Crippen LogP contribution in [-0.4, -0.2) is 28.9 Å². The maximum Gasteiger partial charge on any atom is 0.307 e. The molecule has 0 aliphatic heterocycles. The second-order valence-corrected chi connectivity index (χ2v) is 7.06. The number of carboxylic acids is 1. The van der Waals surface area contributed by atoms with Crippen molar-refractivity contribution in [2.45, 2.75) is 19.9 Å². The first-order valence-electron chi connectivity index (χ1n) is 7.18. The van der Waals surface area contributed by atoms with Crippen LogP contribution in [0.25, 0.3) is 0 Å². The topological polar surface area (TPSA) is 57.6 Å². The lowest BCUT2D eigenvalue weighted by Gasteiger charge is -2.28. The highest BCUT2D eigenvalue weighted by molar-refractivity contribution is 7.10. The van der Waals surface area contributed by atoms with Gasteiger partial charge in [-0.3, -0.25) is 9.59 Å². The molecule has 0 saturated heterocycles. The molecule has 21 heavy (non-hydrogen) atoms. The molecule has 1 aromatic rings. The summed E-state index contributed by atoms with van der Waals surface area (Å²) in [5.41, 5.74) is 1.18. The van der Waals surface area contributed by atoms with E-state index in [1.165, 1.54) is 5.56 Å². The molecule has 1 amide bonds. The first-order valence-corrected chi connectivity index (χ1v) is 8.06. The molecule has 2 bridgehead atoms. The van der Waals surface area contributed by atoms with Crippen LogP contribution in [0.4, 0.5) is 0 Å². The number of amides is 1. The SMILES string of the molecule is Cc1ccsc1CN(C)C(=O)C1C2C=CC(C2)C1C(=O)O. The number of hydrogen-bond acceptors (Lipinski definition) is 3. The van der Waals surface area contributed by atoms with Gasteiger partial charge in [-0.15, -0.1) is 11.3 Å². The summed E-state index contributed by atoms with van der Waals surface area (Å²) in [5, 5.41) is 11.5. The van der Waals surface area contributed by atoms with E-state index < -0.39 is 17.8 Å². The van der Waals surface area contributed by atoms with Crippen LogP contribution in [0.1, 0.15) is 16.9 Å². The summed E-state index contributed by atoms with van der Waals surface area (Å²) in [6.45, 7) is 2.59. The molecular formula is C16H19NO3S. The fourth-order valence-electron chi connectivity index (χ4n) is 3.61. The molecule has 0 radical (unpaired) electrons. The summed E-state index contributed by atoms with van der Waals surface area (Å²) < 4.78 is 0. The van der Waals surface area contributed by atoms with Crippen LogP contribution in [-0.2, 0) is 16.1 Å². The number of carboxylic acid groups (broad SMARTS) is 1. The molecule has 1 heterocycles. The van der Waals surface area contributed by atoms with Crippen LogP contribution in [0.15, 0.2) is 23.6 Å². The highest BCUT2D eigenvalue weighted by atomic mass is 32.1. The van der Waals surface area contributed by atoms with E-state index in [1.54, 1.807) is 23.3 Å². The number of carbonyl (C=O) groups excluding carboxylic acids is 1. The van der Waals surface area contributed by atoms with Gasteiger partial charge in [-0.05, 0) is 42.2 Å². The Morgan fingerprint density at radius 3 is 2.57 bits per heavy atom. The number of allylic oxidation sites excluding steroid dienone is 2. The van der Waals surface area contributed by atoms with Crippen LogP contribution in [0.5, 0.6) is 0 Å². The van der Waals surface area contributed by atoms with Gasteiger partial charge in [-0.1, -0.05) is 12.2 Å². The van der Waals surface area contributed by atoms with Crippen LogP contribution in [0.2, 0.25) is 0 Å². The standard InChI is InChI=1S/C16H19NO3S/c1-9-5-6-21-12(9)8-17(2)15(18)13-10-3-4-11(7-10)14(13)16(19)20/h3-6,10-11,13-14H,7-8H2,1-2H3,(H,19,20). The van der Waals surface area contributed by atoms with Crippen molar-refractivity contribution in [1.82, 2.24) is 4.90 Å². The predicted octanol–water partition coefficient (Wildman–Crippen LogP) is 2.54. The molecule has 4 nitrogen and oxygen atoms in total. The van der Waals surface area contributed by atoms with Crippen LogP contribution < -0.4 is 0 Å². The maximum atomic E-state index is 12.7. The average Bonchev–Trinajstić information content (AvgIpc) is 3.13. The largest absolute Gasteiger partial charge is 0.481 e. The van der Waals surface area contributed by atoms with E-state index in [9.17, 15) is 14.7 Å². The van der Waals surface area contributed by atoms with Gasteiger partial charge in [0, 0.05) is 11.9 Å². The number of aliphatic carboxylic acids is 1. The molecule has 5 heteroatoms. The van der Waals surface area contributed by atoms with Crippen molar-refractivity contribution in [2.24, 2.45) is 23.7 Å². The summed E-state index contributed by atoms with van der Waals surface area (Å²) in [6.07, 6.45) is 4.80. The summed E-state index contributed by atoms with van der Waals surface area (Å²) in [5.74, 6) is -1.71. The summed E-state index contributed by atoms with van der Waals surface area (Å²) in [6, 6.07) is 2.04. The highest BCUT2D eigenvalue weighted by Gasteiger charge is 2.52. The molecule has 4 atom stereocenters. The Labute approximate surface area is 128 Å². The van der Waals surface area contributed by atoms with Crippen molar-refractivity contribution in [3.8, 4) is 0 Å². The molecule has 1 aromatic heterocycles. The first-order chi connectivity index (χ1) is 9.99. The minimum atomic E-state index is -0.842. The zero-order chi connectivity index (χ0) is 15.1. The number of nitrogens with zero attached hydrogens (tertiary/aromatic N) is 1. The molecule has 1 N–H and O–H groups in total. The van der Waals surface area contributed by atoms with Crippen molar-refractivity contribution in [3.63, 3.8) is 0 Å². The zero-order valence-corrected chi connectivity index (χ0v) is 13.0. The Kier molecular flexibility index (Phi) is 3.61. The van der Waals surface area contributed by atoms with E-state index >= 15 is 0 Å². The molecule has 4 unspecified atom stereocenters. The number of hydrogen-bond donors (Lipinski definition) is 1. The van der Waals surface area contributed by atoms with Gasteiger partial charge in [0.05, 0.1) is 18.4 Å². The molecule has 2 aliphatic rings. The Morgan fingerprint density at radius 2 is 2.00 bits per heavy atom. The van der Waals surface area contributed by atoms with Gasteiger partial charge < -0.3 is 10.0 Å². The van der Waals surface area contributed by atoms with Crippen LogP contribution in [0.3, 0.4) is 0 Å². The number of rotatable bonds is 4. The molecule has 0 aromatic carbocycles. The lowest BCUT2D eigenvalue weighted by Crippen LogP contribution is -2.40. The van der Waals surface area contributed by atoms with Gasteiger partial charge in [0.1, 0.15) is 0 Å². The Morgan fingerprint density at radius 1 is 1.33 bits per heavy atom. The lowest BCUT2D eigenvalue weighted by atomic mass is 9.82. The van der Waals surface area contributed by atoms with E-state index in [-0.39, 0.29) is 17.7 Å². The van der Waals surface area contributed by atoms with Crippen molar-refractivity contribution in [2.75, 3.05) is 7.05 Å². The monoisotopic (exact) mass is 305 g/mol. The summed E-state index contributed by atoms with van der Waals surface area (Å²) in [7, 11) is 1.77. The van der Waals surface area contributed by atoms with Gasteiger partial charge >= 0.3 is 5.97 Å². The van der Waals surface area contributed by atoms with Gasteiger partial charge in [0.2, 0.25) is 5.91 Å². The number of carbonyl (C=O) groups is 2. The van der Waals surface area contributed by atoms with E-state index in [0.29, 0.717) is 6.54 Å². The van der Waals surface area contributed by atoms with Crippen LogP contribution >= 0.6 is 11.3 Å². The minimum absolute atomic E-state index is 0.0262. The predicted molar refractivity (Wildman–Crippen MR) is 80.9 cm³/mol. The molecule has 0 spiro atoms. The highest BCUT2D eigenvalue weighted by Crippen LogP contribution is 2.48. The van der Waals surface area contributed by atoms with E-state index in [2.05, 4.69) is 0 Å². The van der Waals surface area contributed by atoms with Crippen molar-refractivity contribution in [1.29, 1.82) is 0 Å². The number of aryl methyl sites for hydroxylation is 1. The molecule has 3 rings (SSSR count). The number of fused-ring (bicyclic) bond motifs is 2. The molecular weight excluding hydrogens is 286 g/mol. The fraction of sp³-hybridized carbons (Fsp3) is 0.500. The van der Waals surface area contributed by atoms with Crippen molar-refractivity contribution < 1.29 is 14.7 Å². The minimum Gasteiger partial charge on any atom is -0.481 e. The van der Waals surface area contributed by atoms with Crippen LogP contribution in [0, 0.1) is 30.6 Å². The third kappa shape index (κ3) is 2.39. The van der Waals surface area contributed by atoms with Crippen molar-refractivity contribution >= 4 is 23.2 Å². The van der Waals surface area contributed by atoms with Crippen molar-refractivity contribution in [3.05, 3.63) is 34.0 Å². The molecule has 112 valence electrons. The smallest absolute Gasteiger partial charge is 0.307 e. The molecule has 1 saturated carbocycles. The summed E-state index contributed by atoms with van der Waals surface area (Å²) >= 11 is 1.64. The fourth-order valence-corrected chi connectivity index (χ4v) is 4.57. The van der Waals surface area contributed by atoms with E-state index in [1.807, 2.05) is 30.5 Å². The van der Waals surface area contributed by atoms with E-state index in [0.717, 1.165) is 11.3 Å². The average molecular weight is 305 g/mol. The third-order valence-corrected chi connectivity index (χ3v) is 5.76. The number of thiophene rings is 1. The normalized spacial score (nSPS) is 29.8. The second kappa shape index (κ2) is 5.30. The first kappa shape index (κ1) is 14.3. The Hall–Kier alpha value is -1.62. The summed E-state index contributed by atoms with van der Waals surface area (Å²) in [4.78, 5) is 27.1. The second-order valence-electron chi connectivity index (χ2n) is 6.06.